The molecule has 1 aromatic heterocycles. The maximum atomic E-state index is 5.06. The molecular formula is C11H14N4S2. The number of nitrogens with zero attached hydrogens (tertiary/aromatic N) is 2. The molecule has 0 saturated carbocycles. The smallest absolute Gasteiger partial charge is 0.209 e. The van der Waals surface area contributed by atoms with E-state index in [1.165, 1.54) is 10.2 Å². The molecule has 2 rings (SSSR count). The van der Waals surface area contributed by atoms with Gasteiger partial charge < -0.3 is 9.88 Å². The Kier molecular flexibility index (Phi) is 3.75. The van der Waals surface area contributed by atoms with Gasteiger partial charge in [0, 0.05) is 13.6 Å². The number of aryl methyl sites for hydroxylation is 1. The van der Waals surface area contributed by atoms with E-state index in [0.717, 1.165) is 11.3 Å². The number of fused-ring (bicyclic) bond motifs is 1. The van der Waals surface area contributed by atoms with Crippen molar-refractivity contribution in [2.45, 2.75) is 6.92 Å². The number of thiocarbonyl (C=S) groups is 1. The van der Waals surface area contributed by atoms with Crippen LogP contribution in [0.15, 0.2) is 29.4 Å². The molecule has 0 radical (unpaired) electrons. The SMILES string of the molecule is CCNC(=S)NN=c1sc2ccccc2n1C. The van der Waals surface area contributed by atoms with E-state index in [1.807, 2.05) is 30.7 Å². The van der Waals surface area contributed by atoms with Crippen LogP contribution in [0.5, 0.6) is 0 Å². The van der Waals surface area contributed by atoms with Crippen LogP contribution in [-0.2, 0) is 7.05 Å². The lowest BCUT2D eigenvalue weighted by Gasteiger charge is -2.02. The predicted octanol–water partition coefficient (Wildman–Crippen LogP) is 1.54. The molecular weight excluding hydrogens is 252 g/mol. The van der Waals surface area contributed by atoms with Crippen molar-refractivity contribution in [2.24, 2.45) is 12.1 Å². The normalized spacial score (nSPS) is 11.8. The Morgan fingerprint density at radius 2 is 2.24 bits per heavy atom. The van der Waals surface area contributed by atoms with Crippen molar-refractivity contribution in [3.8, 4) is 0 Å². The van der Waals surface area contributed by atoms with Gasteiger partial charge in [0.1, 0.15) is 0 Å². The molecule has 6 heteroatoms. The van der Waals surface area contributed by atoms with Gasteiger partial charge in [0.15, 0.2) is 5.11 Å². The van der Waals surface area contributed by atoms with Crippen LogP contribution in [0.1, 0.15) is 6.92 Å². The van der Waals surface area contributed by atoms with Gasteiger partial charge in [0.25, 0.3) is 0 Å². The number of nitrogens with one attached hydrogen (secondary N) is 2. The van der Waals surface area contributed by atoms with E-state index in [-0.39, 0.29) is 0 Å². The number of benzene rings is 1. The minimum Gasteiger partial charge on any atom is -0.362 e. The highest BCUT2D eigenvalue weighted by atomic mass is 32.1. The second-order valence-corrected chi connectivity index (χ2v) is 4.91. The first-order chi connectivity index (χ1) is 8.22. The molecule has 0 aliphatic heterocycles. The average Bonchev–Trinajstić information content (AvgIpc) is 2.65. The molecule has 4 nitrogen and oxygen atoms in total. The van der Waals surface area contributed by atoms with E-state index in [0.29, 0.717) is 5.11 Å². The lowest BCUT2D eigenvalue weighted by Crippen LogP contribution is -2.33. The molecule has 17 heavy (non-hydrogen) atoms. The molecule has 0 aliphatic carbocycles. The molecule has 2 aromatic rings. The summed E-state index contributed by atoms with van der Waals surface area (Å²) in [6.45, 7) is 2.79. The van der Waals surface area contributed by atoms with E-state index >= 15 is 0 Å². The molecule has 0 atom stereocenters. The summed E-state index contributed by atoms with van der Waals surface area (Å²) in [4.78, 5) is 0.895. The molecule has 0 amide bonds. The second kappa shape index (κ2) is 5.29. The number of hydrogen-bond donors (Lipinski definition) is 2. The Labute approximate surface area is 109 Å². The summed E-state index contributed by atoms with van der Waals surface area (Å²) in [5.74, 6) is 0. The summed E-state index contributed by atoms with van der Waals surface area (Å²) in [6, 6.07) is 8.21. The van der Waals surface area contributed by atoms with Crippen LogP contribution in [-0.4, -0.2) is 16.2 Å². The molecule has 90 valence electrons. The summed E-state index contributed by atoms with van der Waals surface area (Å²) in [6.07, 6.45) is 0. The van der Waals surface area contributed by atoms with E-state index in [4.69, 9.17) is 12.2 Å². The minimum absolute atomic E-state index is 0.546. The van der Waals surface area contributed by atoms with Gasteiger partial charge in [-0.3, -0.25) is 5.43 Å². The summed E-state index contributed by atoms with van der Waals surface area (Å²) < 4.78 is 3.26. The summed E-state index contributed by atoms with van der Waals surface area (Å²) >= 11 is 6.69. The van der Waals surface area contributed by atoms with Gasteiger partial charge in [-0.2, -0.15) is 0 Å². The largest absolute Gasteiger partial charge is 0.362 e. The highest BCUT2D eigenvalue weighted by Gasteiger charge is 2.00. The van der Waals surface area contributed by atoms with Crippen LogP contribution in [0.3, 0.4) is 0 Å². The Morgan fingerprint density at radius 3 is 2.94 bits per heavy atom. The highest BCUT2D eigenvalue weighted by molar-refractivity contribution is 7.80. The van der Waals surface area contributed by atoms with Gasteiger partial charge in [0.05, 0.1) is 10.2 Å². The lowest BCUT2D eigenvalue weighted by molar-refractivity contribution is 0.827. The number of aromatic nitrogens is 1. The fraction of sp³-hybridized carbons (Fsp3) is 0.273. The van der Waals surface area contributed by atoms with E-state index in [1.54, 1.807) is 11.3 Å². The van der Waals surface area contributed by atoms with Crippen molar-refractivity contribution < 1.29 is 0 Å². The first kappa shape index (κ1) is 12.1. The third kappa shape index (κ3) is 2.65. The molecule has 1 aromatic carbocycles. The number of thiazole rings is 1. The Bertz CT molecular complexity index is 597. The van der Waals surface area contributed by atoms with Crippen LogP contribution >= 0.6 is 23.6 Å². The van der Waals surface area contributed by atoms with Gasteiger partial charge in [-0.15, -0.1) is 5.10 Å². The first-order valence-electron chi connectivity index (χ1n) is 5.34. The molecule has 2 N–H and O–H groups in total. The van der Waals surface area contributed by atoms with Gasteiger partial charge in [0.2, 0.25) is 4.80 Å². The van der Waals surface area contributed by atoms with E-state index in [9.17, 15) is 0 Å². The van der Waals surface area contributed by atoms with E-state index in [2.05, 4.69) is 28.0 Å². The van der Waals surface area contributed by atoms with Crippen molar-refractivity contribution in [1.82, 2.24) is 15.3 Å². The van der Waals surface area contributed by atoms with Crippen LogP contribution in [0.2, 0.25) is 0 Å². The number of rotatable bonds is 2. The Balaban J connectivity index is 2.32. The first-order valence-corrected chi connectivity index (χ1v) is 6.57. The summed E-state index contributed by atoms with van der Waals surface area (Å²) in [5, 5.41) is 7.83. The van der Waals surface area contributed by atoms with Crippen molar-refractivity contribution in [3.05, 3.63) is 29.1 Å². The van der Waals surface area contributed by atoms with Crippen molar-refractivity contribution in [2.75, 3.05) is 6.54 Å². The standard InChI is InChI=1S/C11H14N4S2/c1-3-12-10(16)13-14-11-15(2)8-6-4-5-7-9(8)17-11/h4-7H,3H2,1-2H3,(H2,12,13,16). The third-order valence-electron chi connectivity index (χ3n) is 2.31. The van der Waals surface area contributed by atoms with Gasteiger partial charge in [-0.1, -0.05) is 23.5 Å². The minimum atomic E-state index is 0.546. The fourth-order valence-electron chi connectivity index (χ4n) is 1.49. The van der Waals surface area contributed by atoms with Gasteiger partial charge >= 0.3 is 0 Å². The third-order valence-corrected chi connectivity index (χ3v) is 3.65. The number of hydrogen-bond acceptors (Lipinski definition) is 3. The maximum Gasteiger partial charge on any atom is 0.209 e. The van der Waals surface area contributed by atoms with E-state index < -0.39 is 0 Å². The Morgan fingerprint density at radius 1 is 1.47 bits per heavy atom. The molecule has 1 heterocycles. The lowest BCUT2D eigenvalue weighted by atomic mass is 10.3. The zero-order chi connectivity index (χ0) is 12.3. The van der Waals surface area contributed by atoms with Crippen molar-refractivity contribution in [1.29, 1.82) is 0 Å². The van der Waals surface area contributed by atoms with Gasteiger partial charge in [-0.25, -0.2) is 0 Å². The van der Waals surface area contributed by atoms with Crippen LogP contribution in [0.25, 0.3) is 10.2 Å². The molecule has 0 saturated heterocycles. The predicted molar refractivity (Wildman–Crippen MR) is 75.8 cm³/mol. The quantitative estimate of drug-likeness (QED) is 0.640. The van der Waals surface area contributed by atoms with Crippen LogP contribution in [0, 0.1) is 0 Å². The van der Waals surface area contributed by atoms with Crippen LogP contribution in [0.4, 0.5) is 0 Å². The molecule has 0 bridgehead atoms. The second-order valence-electron chi connectivity index (χ2n) is 3.49. The Hall–Kier alpha value is -1.40. The summed E-state index contributed by atoms with van der Waals surface area (Å²) in [7, 11) is 2.00. The van der Waals surface area contributed by atoms with Crippen LogP contribution < -0.4 is 15.5 Å². The fourth-order valence-corrected chi connectivity index (χ4v) is 2.66. The monoisotopic (exact) mass is 266 g/mol. The molecule has 0 fully saturated rings. The number of para-hydroxylation sites is 1. The highest BCUT2D eigenvalue weighted by Crippen LogP contribution is 2.14. The summed E-state index contributed by atoms with van der Waals surface area (Å²) in [5.41, 5.74) is 4.01. The topological polar surface area (TPSA) is 41.4 Å². The average molecular weight is 266 g/mol. The maximum absolute atomic E-state index is 5.06. The van der Waals surface area contributed by atoms with Crippen molar-refractivity contribution in [3.63, 3.8) is 0 Å². The van der Waals surface area contributed by atoms with Crippen molar-refractivity contribution >= 4 is 38.9 Å². The zero-order valence-corrected chi connectivity index (χ0v) is 11.4. The molecule has 0 spiro atoms. The zero-order valence-electron chi connectivity index (χ0n) is 9.73. The molecule has 0 unspecified atom stereocenters. The molecule has 0 aliphatic rings. The van der Waals surface area contributed by atoms with Gasteiger partial charge in [-0.05, 0) is 31.3 Å².